The molecule has 0 radical (unpaired) electrons. The van der Waals surface area contributed by atoms with Gasteiger partial charge in [0.15, 0.2) is 0 Å². The Kier molecular flexibility index (Phi) is 6.19. The van der Waals surface area contributed by atoms with Crippen molar-refractivity contribution in [3.63, 3.8) is 0 Å². The van der Waals surface area contributed by atoms with Gasteiger partial charge in [-0.05, 0) is 24.6 Å². The Balaban J connectivity index is 1.98. The number of aromatic nitrogens is 2. The quantitative estimate of drug-likeness (QED) is 0.624. The fourth-order valence-electron chi connectivity index (χ4n) is 2.01. The predicted molar refractivity (Wildman–Crippen MR) is 86.8 cm³/mol. The molecule has 8 heteroatoms. The number of carbonyl (C=O) groups excluding carboxylic acids is 1. The van der Waals surface area contributed by atoms with E-state index in [0.29, 0.717) is 5.03 Å². The predicted octanol–water partition coefficient (Wildman–Crippen LogP) is 4.18. The molecule has 0 spiro atoms. The Bertz CT molecular complexity index is 707. The van der Waals surface area contributed by atoms with E-state index in [1.807, 2.05) is 6.92 Å². The number of benzene rings is 1. The maximum atomic E-state index is 12.9. The van der Waals surface area contributed by atoms with Gasteiger partial charge in [0.1, 0.15) is 11.4 Å². The van der Waals surface area contributed by atoms with Crippen LogP contribution in [0.5, 0.6) is 0 Å². The number of carbonyl (C=O) groups is 1. The van der Waals surface area contributed by atoms with Crippen LogP contribution in [0.2, 0.25) is 0 Å². The molecule has 1 heterocycles. The molecule has 1 aromatic heterocycles. The Morgan fingerprint density at radius 2 is 2.00 bits per heavy atom. The minimum Gasteiger partial charge on any atom is -0.325 e. The fourth-order valence-corrected chi connectivity index (χ4v) is 2.71. The second-order valence-corrected chi connectivity index (χ2v) is 5.97. The zero-order valence-corrected chi connectivity index (χ0v) is 13.7. The van der Waals surface area contributed by atoms with Crippen molar-refractivity contribution in [1.29, 1.82) is 0 Å². The van der Waals surface area contributed by atoms with E-state index in [9.17, 15) is 18.0 Å². The summed E-state index contributed by atoms with van der Waals surface area (Å²) in [7, 11) is 0. The number of anilines is 1. The number of nitrogens with one attached hydrogen (secondary N) is 1. The molecule has 0 unspecified atom stereocenters. The van der Waals surface area contributed by atoms with Crippen LogP contribution in [0, 0.1) is 0 Å². The average molecular weight is 355 g/mol. The Labute approximate surface area is 141 Å². The zero-order valence-electron chi connectivity index (χ0n) is 12.9. The molecule has 0 fully saturated rings. The van der Waals surface area contributed by atoms with E-state index in [-0.39, 0.29) is 11.4 Å². The summed E-state index contributed by atoms with van der Waals surface area (Å²) in [6.45, 7) is 2.03. The molecule has 0 saturated carbocycles. The van der Waals surface area contributed by atoms with Crippen molar-refractivity contribution >= 4 is 23.4 Å². The van der Waals surface area contributed by atoms with Gasteiger partial charge in [-0.2, -0.15) is 13.2 Å². The lowest BCUT2D eigenvalue weighted by Crippen LogP contribution is -2.18. The van der Waals surface area contributed by atoms with Crippen LogP contribution >= 0.6 is 11.8 Å². The molecule has 0 atom stereocenters. The summed E-state index contributed by atoms with van der Waals surface area (Å²) in [6.07, 6.45) is -1.35. The number of aryl methyl sites for hydroxylation is 1. The summed E-state index contributed by atoms with van der Waals surface area (Å²) in [5, 5.41) is 2.92. The maximum Gasteiger partial charge on any atom is 0.418 e. The highest BCUT2D eigenvalue weighted by Crippen LogP contribution is 2.34. The van der Waals surface area contributed by atoms with Gasteiger partial charge in [0.25, 0.3) is 0 Å². The van der Waals surface area contributed by atoms with Crippen molar-refractivity contribution in [3.8, 4) is 0 Å². The van der Waals surface area contributed by atoms with Gasteiger partial charge in [-0.25, -0.2) is 9.97 Å². The van der Waals surface area contributed by atoms with Crippen molar-refractivity contribution in [3.05, 3.63) is 47.9 Å². The lowest BCUT2D eigenvalue weighted by Gasteiger charge is -2.13. The summed E-state index contributed by atoms with van der Waals surface area (Å²) < 4.78 is 38.7. The number of alkyl halides is 3. The van der Waals surface area contributed by atoms with Crippen LogP contribution in [-0.4, -0.2) is 21.6 Å². The summed E-state index contributed by atoms with van der Waals surface area (Å²) in [4.78, 5) is 20.1. The van der Waals surface area contributed by atoms with E-state index in [1.54, 1.807) is 6.07 Å². The minimum atomic E-state index is -4.52. The van der Waals surface area contributed by atoms with Crippen LogP contribution in [0.25, 0.3) is 0 Å². The molecule has 0 saturated heterocycles. The van der Waals surface area contributed by atoms with Gasteiger partial charge < -0.3 is 5.32 Å². The van der Waals surface area contributed by atoms with E-state index < -0.39 is 17.6 Å². The van der Waals surface area contributed by atoms with E-state index in [0.717, 1.165) is 36.4 Å². The number of rotatable bonds is 6. The molecule has 1 aromatic carbocycles. The average Bonchev–Trinajstić information content (AvgIpc) is 2.53. The Hall–Kier alpha value is -2.09. The lowest BCUT2D eigenvalue weighted by molar-refractivity contribution is -0.137. The smallest absolute Gasteiger partial charge is 0.325 e. The normalized spacial score (nSPS) is 11.3. The third-order valence-corrected chi connectivity index (χ3v) is 3.99. The van der Waals surface area contributed by atoms with Gasteiger partial charge in [-0.15, -0.1) is 0 Å². The van der Waals surface area contributed by atoms with Crippen LogP contribution < -0.4 is 5.32 Å². The molecule has 0 bridgehead atoms. The summed E-state index contributed by atoms with van der Waals surface area (Å²) in [5.41, 5.74) is -0.238. The first-order valence-corrected chi connectivity index (χ1v) is 8.28. The molecule has 1 amide bonds. The lowest BCUT2D eigenvalue weighted by atomic mass is 10.1. The zero-order chi connectivity index (χ0) is 17.6. The van der Waals surface area contributed by atoms with Crippen LogP contribution in [0.15, 0.2) is 41.7 Å². The molecule has 0 aliphatic heterocycles. The number of hydrogen-bond donors (Lipinski definition) is 1. The fraction of sp³-hybridized carbons (Fsp3) is 0.312. The molecule has 0 aliphatic rings. The van der Waals surface area contributed by atoms with Crippen LogP contribution in [-0.2, 0) is 17.4 Å². The van der Waals surface area contributed by atoms with E-state index in [4.69, 9.17) is 0 Å². The van der Waals surface area contributed by atoms with Crippen LogP contribution in [0.4, 0.5) is 18.9 Å². The first-order valence-electron chi connectivity index (χ1n) is 7.30. The summed E-state index contributed by atoms with van der Waals surface area (Å²) in [5.74, 6) is -0.554. The SMILES string of the molecule is CCCc1cc(SCC(=O)Nc2ccccc2C(F)(F)F)ncn1. The highest BCUT2D eigenvalue weighted by atomic mass is 32.2. The van der Waals surface area contributed by atoms with Gasteiger partial charge in [0.05, 0.1) is 17.0 Å². The van der Waals surface area contributed by atoms with Crippen molar-refractivity contribution in [2.45, 2.75) is 31.0 Å². The van der Waals surface area contributed by atoms with Gasteiger partial charge in [-0.3, -0.25) is 4.79 Å². The summed E-state index contributed by atoms with van der Waals surface area (Å²) >= 11 is 1.16. The van der Waals surface area contributed by atoms with Crippen molar-refractivity contribution in [2.24, 2.45) is 0 Å². The topological polar surface area (TPSA) is 54.9 Å². The van der Waals surface area contributed by atoms with E-state index in [1.165, 1.54) is 24.5 Å². The molecule has 2 aromatic rings. The van der Waals surface area contributed by atoms with E-state index >= 15 is 0 Å². The molecule has 24 heavy (non-hydrogen) atoms. The Morgan fingerprint density at radius 1 is 1.25 bits per heavy atom. The number of para-hydroxylation sites is 1. The number of amides is 1. The minimum absolute atomic E-state index is 0.0330. The first kappa shape index (κ1) is 18.3. The van der Waals surface area contributed by atoms with Gasteiger partial charge >= 0.3 is 6.18 Å². The standard InChI is InChI=1S/C16H16F3N3OS/c1-2-5-11-8-15(21-10-20-11)24-9-14(23)22-13-7-4-3-6-12(13)16(17,18)19/h3-4,6-8,10H,2,5,9H2,1H3,(H,22,23). The molecule has 0 aliphatic carbocycles. The van der Waals surface area contributed by atoms with Gasteiger partial charge in [0, 0.05) is 5.69 Å². The largest absolute Gasteiger partial charge is 0.418 e. The number of halogens is 3. The third-order valence-electron chi connectivity index (χ3n) is 3.06. The van der Waals surface area contributed by atoms with Crippen molar-refractivity contribution in [1.82, 2.24) is 9.97 Å². The molecular weight excluding hydrogens is 339 g/mol. The Morgan fingerprint density at radius 3 is 2.71 bits per heavy atom. The van der Waals surface area contributed by atoms with E-state index in [2.05, 4.69) is 15.3 Å². The van der Waals surface area contributed by atoms with Crippen LogP contribution in [0.1, 0.15) is 24.6 Å². The van der Waals surface area contributed by atoms with Gasteiger partial charge in [0.2, 0.25) is 5.91 Å². The third kappa shape index (κ3) is 5.23. The van der Waals surface area contributed by atoms with Gasteiger partial charge in [-0.1, -0.05) is 37.2 Å². The number of hydrogen-bond acceptors (Lipinski definition) is 4. The highest BCUT2D eigenvalue weighted by Gasteiger charge is 2.33. The second-order valence-electron chi connectivity index (χ2n) is 4.98. The second kappa shape index (κ2) is 8.14. The van der Waals surface area contributed by atoms with Crippen molar-refractivity contribution in [2.75, 3.05) is 11.1 Å². The molecule has 2 rings (SSSR count). The highest BCUT2D eigenvalue weighted by molar-refractivity contribution is 7.99. The monoisotopic (exact) mass is 355 g/mol. The number of thioether (sulfide) groups is 1. The van der Waals surface area contributed by atoms with Crippen molar-refractivity contribution < 1.29 is 18.0 Å². The molecular formula is C16H16F3N3OS. The number of nitrogens with zero attached hydrogens (tertiary/aromatic N) is 2. The molecule has 128 valence electrons. The maximum absolute atomic E-state index is 12.9. The molecule has 4 nitrogen and oxygen atoms in total. The summed E-state index contributed by atoms with van der Waals surface area (Å²) in [6, 6.07) is 6.67. The van der Waals surface area contributed by atoms with Crippen LogP contribution in [0.3, 0.4) is 0 Å². The first-order chi connectivity index (χ1) is 11.4. The molecule has 1 N–H and O–H groups in total.